The van der Waals surface area contributed by atoms with Crippen LogP contribution in [-0.2, 0) is 0 Å². The molecule has 3 heteroatoms. The van der Waals surface area contributed by atoms with Crippen LogP contribution in [0.3, 0.4) is 0 Å². The molecule has 0 bridgehead atoms. The van der Waals surface area contributed by atoms with Gasteiger partial charge in [0.15, 0.2) is 0 Å². The fraction of sp³-hybridized carbons (Fsp3) is 1.00. The molecule has 1 fully saturated rings. The Morgan fingerprint density at radius 1 is 1.22 bits per heavy atom. The van der Waals surface area contributed by atoms with Crippen LogP contribution < -0.4 is 5.32 Å². The van der Waals surface area contributed by atoms with Gasteiger partial charge in [-0.15, -0.1) is 0 Å². The molecule has 1 aliphatic heterocycles. The van der Waals surface area contributed by atoms with Crippen LogP contribution in [0.2, 0.25) is 0 Å². The molecule has 1 saturated heterocycles. The topological polar surface area (TPSA) is 18.5 Å². The molecule has 2 unspecified atom stereocenters. The van der Waals surface area contributed by atoms with E-state index in [1.165, 1.54) is 39.0 Å². The third-order valence-corrected chi connectivity index (χ3v) is 4.05. The SMILES string of the molecule is CC(C)CCCNCCN1CC(C)C(N(C)C)C1. The molecule has 1 heterocycles. The Hall–Kier alpha value is -0.120. The first-order valence-corrected chi connectivity index (χ1v) is 7.60. The third kappa shape index (κ3) is 5.68. The molecule has 108 valence electrons. The summed E-state index contributed by atoms with van der Waals surface area (Å²) in [6.45, 7) is 13.0. The largest absolute Gasteiger partial charge is 0.315 e. The van der Waals surface area contributed by atoms with Gasteiger partial charge < -0.3 is 15.1 Å². The van der Waals surface area contributed by atoms with Crippen molar-refractivity contribution in [2.24, 2.45) is 11.8 Å². The van der Waals surface area contributed by atoms with Gasteiger partial charge in [0.25, 0.3) is 0 Å². The molecule has 0 saturated carbocycles. The fourth-order valence-corrected chi connectivity index (χ4v) is 2.90. The number of likely N-dealkylation sites (tertiary alicyclic amines) is 1. The van der Waals surface area contributed by atoms with Gasteiger partial charge in [-0.1, -0.05) is 20.8 Å². The predicted molar refractivity (Wildman–Crippen MR) is 80.0 cm³/mol. The maximum absolute atomic E-state index is 3.57. The highest BCUT2D eigenvalue weighted by molar-refractivity contribution is 4.86. The Kier molecular flexibility index (Phi) is 7.20. The van der Waals surface area contributed by atoms with Crippen molar-refractivity contribution in [3.05, 3.63) is 0 Å². The number of nitrogens with zero attached hydrogens (tertiary/aromatic N) is 2. The zero-order chi connectivity index (χ0) is 13.5. The van der Waals surface area contributed by atoms with Crippen LogP contribution >= 0.6 is 0 Å². The van der Waals surface area contributed by atoms with Crippen LogP contribution in [0.1, 0.15) is 33.6 Å². The fourth-order valence-electron chi connectivity index (χ4n) is 2.90. The van der Waals surface area contributed by atoms with Gasteiger partial charge in [0, 0.05) is 32.2 Å². The van der Waals surface area contributed by atoms with E-state index in [4.69, 9.17) is 0 Å². The van der Waals surface area contributed by atoms with Crippen molar-refractivity contribution in [3.63, 3.8) is 0 Å². The lowest BCUT2D eigenvalue weighted by Gasteiger charge is -2.22. The summed E-state index contributed by atoms with van der Waals surface area (Å²) in [5.74, 6) is 1.65. The first-order valence-electron chi connectivity index (χ1n) is 7.60. The molecule has 3 nitrogen and oxygen atoms in total. The minimum atomic E-state index is 0.742. The second-order valence-electron chi connectivity index (χ2n) is 6.55. The molecule has 18 heavy (non-hydrogen) atoms. The van der Waals surface area contributed by atoms with E-state index in [1.54, 1.807) is 0 Å². The van der Waals surface area contributed by atoms with E-state index in [-0.39, 0.29) is 0 Å². The number of hydrogen-bond acceptors (Lipinski definition) is 3. The Bertz CT molecular complexity index is 216. The monoisotopic (exact) mass is 255 g/mol. The van der Waals surface area contributed by atoms with Gasteiger partial charge in [0.2, 0.25) is 0 Å². The molecule has 0 aromatic carbocycles. The molecular formula is C15H33N3. The molecule has 2 atom stereocenters. The molecule has 0 aromatic heterocycles. The molecule has 1 aliphatic rings. The summed E-state index contributed by atoms with van der Waals surface area (Å²) in [4.78, 5) is 4.98. The maximum Gasteiger partial charge on any atom is 0.0254 e. The quantitative estimate of drug-likeness (QED) is 0.668. The molecule has 1 rings (SSSR count). The number of likely N-dealkylation sites (N-methyl/N-ethyl adjacent to an activating group) is 1. The molecule has 0 aromatic rings. The number of hydrogen-bond donors (Lipinski definition) is 1. The molecule has 0 radical (unpaired) electrons. The Labute approximate surface area is 114 Å². The van der Waals surface area contributed by atoms with Gasteiger partial charge in [-0.05, 0) is 45.3 Å². The highest BCUT2D eigenvalue weighted by Gasteiger charge is 2.30. The second kappa shape index (κ2) is 8.13. The van der Waals surface area contributed by atoms with E-state index < -0.39 is 0 Å². The normalized spacial score (nSPS) is 25.5. The van der Waals surface area contributed by atoms with Gasteiger partial charge in [0.05, 0.1) is 0 Å². The minimum absolute atomic E-state index is 0.742. The summed E-state index contributed by atoms with van der Waals surface area (Å²) in [5.41, 5.74) is 0. The average molecular weight is 255 g/mol. The van der Waals surface area contributed by atoms with Crippen molar-refractivity contribution in [2.75, 3.05) is 46.8 Å². The molecule has 0 aliphatic carbocycles. The van der Waals surface area contributed by atoms with Crippen LogP contribution in [-0.4, -0.2) is 62.7 Å². The lowest BCUT2D eigenvalue weighted by Crippen LogP contribution is -2.36. The lowest BCUT2D eigenvalue weighted by atomic mass is 10.1. The van der Waals surface area contributed by atoms with Crippen molar-refractivity contribution in [1.82, 2.24) is 15.1 Å². The van der Waals surface area contributed by atoms with E-state index in [1.807, 2.05) is 0 Å². The lowest BCUT2D eigenvalue weighted by molar-refractivity contribution is 0.252. The van der Waals surface area contributed by atoms with Gasteiger partial charge in [0.1, 0.15) is 0 Å². The van der Waals surface area contributed by atoms with Crippen molar-refractivity contribution in [2.45, 2.75) is 39.7 Å². The summed E-state index contributed by atoms with van der Waals surface area (Å²) < 4.78 is 0. The van der Waals surface area contributed by atoms with Gasteiger partial charge in [-0.2, -0.15) is 0 Å². The van der Waals surface area contributed by atoms with E-state index in [2.05, 4.69) is 50.0 Å². The summed E-state index contributed by atoms with van der Waals surface area (Å²) in [6.07, 6.45) is 2.66. The second-order valence-corrected chi connectivity index (χ2v) is 6.55. The summed E-state index contributed by atoms with van der Waals surface area (Å²) in [7, 11) is 4.41. The van der Waals surface area contributed by atoms with Gasteiger partial charge >= 0.3 is 0 Å². The Morgan fingerprint density at radius 3 is 2.50 bits per heavy atom. The predicted octanol–water partition coefficient (Wildman–Crippen LogP) is 1.89. The average Bonchev–Trinajstić information content (AvgIpc) is 2.64. The van der Waals surface area contributed by atoms with Crippen LogP contribution in [0, 0.1) is 11.8 Å². The van der Waals surface area contributed by atoms with Crippen molar-refractivity contribution in [1.29, 1.82) is 0 Å². The third-order valence-electron chi connectivity index (χ3n) is 4.05. The van der Waals surface area contributed by atoms with Gasteiger partial charge in [-0.25, -0.2) is 0 Å². The van der Waals surface area contributed by atoms with Crippen LogP contribution in [0.5, 0.6) is 0 Å². The highest BCUT2D eigenvalue weighted by Crippen LogP contribution is 2.19. The van der Waals surface area contributed by atoms with E-state index in [0.717, 1.165) is 24.4 Å². The summed E-state index contributed by atoms with van der Waals surface area (Å²) in [5, 5.41) is 3.57. The maximum atomic E-state index is 3.57. The number of rotatable bonds is 8. The molecule has 0 spiro atoms. The van der Waals surface area contributed by atoms with Crippen molar-refractivity contribution in [3.8, 4) is 0 Å². The summed E-state index contributed by atoms with van der Waals surface area (Å²) >= 11 is 0. The first-order chi connectivity index (χ1) is 8.50. The van der Waals surface area contributed by atoms with Crippen LogP contribution in [0.25, 0.3) is 0 Å². The van der Waals surface area contributed by atoms with Crippen molar-refractivity contribution < 1.29 is 0 Å². The minimum Gasteiger partial charge on any atom is -0.315 e. The van der Waals surface area contributed by atoms with E-state index in [0.29, 0.717) is 0 Å². The highest BCUT2D eigenvalue weighted by atomic mass is 15.2. The van der Waals surface area contributed by atoms with E-state index >= 15 is 0 Å². The Balaban J connectivity index is 2.04. The number of nitrogens with one attached hydrogen (secondary N) is 1. The molecular weight excluding hydrogens is 222 g/mol. The van der Waals surface area contributed by atoms with Gasteiger partial charge in [-0.3, -0.25) is 0 Å². The van der Waals surface area contributed by atoms with Crippen LogP contribution in [0.4, 0.5) is 0 Å². The van der Waals surface area contributed by atoms with Crippen LogP contribution in [0.15, 0.2) is 0 Å². The zero-order valence-electron chi connectivity index (χ0n) is 13.1. The smallest absolute Gasteiger partial charge is 0.0254 e. The van der Waals surface area contributed by atoms with E-state index in [9.17, 15) is 0 Å². The standard InChI is InChI=1S/C15H33N3/c1-13(2)7-6-8-16-9-10-18-11-14(3)15(12-18)17(4)5/h13-16H,6-12H2,1-5H3. The Morgan fingerprint density at radius 2 is 1.94 bits per heavy atom. The molecule has 1 N–H and O–H groups in total. The molecule has 0 amide bonds. The summed E-state index contributed by atoms with van der Waals surface area (Å²) in [6, 6.07) is 0.742. The van der Waals surface area contributed by atoms with Crippen molar-refractivity contribution >= 4 is 0 Å². The zero-order valence-corrected chi connectivity index (χ0v) is 13.1. The first kappa shape index (κ1) is 15.9.